The second-order valence-electron chi connectivity index (χ2n) is 5.40. The number of aromatic nitrogens is 2. The highest BCUT2D eigenvalue weighted by molar-refractivity contribution is 7.11. The lowest BCUT2D eigenvalue weighted by molar-refractivity contribution is 0.412. The second-order valence-corrected chi connectivity index (χ2v) is 6.60. The van der Waals surface area contributed by atoms with Crippen LogP contribution in [-0.2, 0) is 13.0 Å². The lowest BCUT2D eigenvalue weighted by Crippen LogP contribution is -2.42. The van der Waals surface area contributed by atoms with Crippen molar-refractivity contribution < 1.29 is 0 Å². The Kier molecular flexibility index (Phi) is 4.83. The zero-order chi connectivity index (χ0) is 14.5. The molecule has 0 radical (unpaired) electrons. The molecule has 1 fully saturated rings. The molecule has 0 bridgehead atoms. The van der Waals surface area contributed by atoms with Gasteiger partial charge in [-0.15, -0.1) is 11.3 Å². The number of thiazole rings is 1. The number of anilines is 1. The Morgan fingerprint density at radius 1 is 1.29 bits per heavy atom. The molecule has 0 spiro atoms. The molecule has 5 heteroatoms. The Labute approximate surface area is 130 Å². The van der Waals surface area contributed by atoms with Crippen LogP contribution in [0.25, 0.3) is 0 Å². The minimum Gasteiger partial charge on any atom is -0.357 e. The second kappa shape index (κ2) is 7.00. The fraction of sp³-hybridized carbons (Fsp3) is 0.500. The smallest absolute Gasteiger partial charge is 0.128 e. The Morgan fingerprint density at radius 2 is 2.14 bits per heavy atom. The SMILES string of the molecule is CCc1cnc(CNC2CCN(c3ccccn3)CC2)s1. The van der Waals surface area contributed by atoms with Gasteiger partial charge in [-0.05, 0) is 31.4 Å². The van der Waals surface area contributed by atoms with E-state index < -0.39 is 0 Å². The van der Waals surface area contributed by atoms with Gasteiger partial charge in [-0.2, -0.15) is 0 Å². The lowest BCUT2D eigenvalue weighted by Gasteiger charge is -2.33. The molecular formula is C16H22N4S. The monoisotopic (exact) mass is 302 g/mol. The van der Waals surface area contributed by atoms with Crippen molar-refractivity contribution in [3.63, 3.8) is 0 Å². The molecule has 0 unspecified atom stereocenters. The maximum Gasteiger partial charge on any atom is 0.128 e. The predicted octanol–water partition coefficient (Wildman–Crippen LogP) is 2.86. The van der Waals surface area contributed by atoms with Gasteiger partial charge in [-0.1, -0.05) is 13.0 Å². The molecular weight excluding hydrogens is 280 g/mol. The van der Waals surface area contributed by atoms with Crippen LogP contribution in [0.1, 0.15) is 29.7 Å². The van der Waals surface area contributed by atoms with Gasteiger partial charge < -0.3 is 10.2 Å². The van der Waals surface area contributed by atoms with E-state index in [2.05, 4.69) is 39.2 Å². The first-order valence-electron chi connectivity index (χ1n) is 7.68. The summed E-state index contributed by atoms with van der Waals surface area (Å²) in [5.41, 5.74) is 0. The van der Waals surface area contributed by atoms with Crippen LogP contribution in [0.4, 0.5) is 5.82 Å². The van der Waals surface area contributed by atoms with Gasteiger partial charge in [0.2, 0.25) is 0 Å². The van der Waals surface area contributed by atoms with E-state index in [-0.39, 0.29) is 0 Å². The number of pyridine rings is 1. The van der Waals surface area contributed by atoms with E-state index in [1.54, 1.807) is 0 Å². The predicted molar refractivity (Wildman–Crippen MR) is 87.8 cm³/mol. The van der Waals surface area contributed by atoms with Crippen LogP contribution in [-0.4, -0.2) is 29.1 Å². The Bertz CT molecular complexity index is 546. The summed E-state index contributed by atoms with van der Waals surface area (Å²) in [6.07, 6.45) is 7.30. The fourth-order valence-electron chi connectivity index (χ4n) is 2.68. The van der Waals surface area contributed by atoms with Crippen LogP contribution >= 0.6 is 11.3 Å². The van der Waals surface area contributed by atoms with Crippen LogP contribution in [0.2, 0.25) is 0 Å². The van der Waals surface area contributed by atoms with Crippen molar-refractivity contribution in [2.24, 2.45) is 0 Å². The van der Waals surface area contributed by atoms with Gasteiger partial charge in [-0.3, -0.25) is 0 Å². The van der Waals surface area contributed by atoms with Crippen LogP contribution in [0, 0.1) is 0 Å². The van der Waals surface area contributed by atoms with Gasteiger partial charge in [0, 0.05) is 42.9 Å². The normalized spacial score (nSPS) is 16.3. The van der Waals surface area contributed by atoms with E-state index in [0.717, 1.165) is 31.9 Å². The first-order chi connectivity index (χ1) is 10.3. The zero-order valence-corrected chi connectivity index (χ0v) is 13.3. The van der Waals surface area contributed by atoms with E-state index in [1.165, 1.54) is 22.7 Å². The van der Waals surface area contributed by atoms with Gasteiger partial charge in [-0.25, -0.2) is 9.97 Å². The van der Waals surface area contributed by atoms with Gasteiger partial charge in [0.15, 0.2) is 0 Å². The molecule has 0 saturated carbocycles. The molecule has 2 aromatic rings. The Balaban J connectivity index is 1.45. The highest BCUT2D eigenvalue weighted by Crippen LogP contribution is 2.18. The van der Waals surface area contributed by atoms with Crippen molar-refractivity contribution >= 4 is 17.2 Å². The largest absolute Gasteiger partial charge is 0.357 e. The first-order valence-corrected chi connectivity index (χ1v) is 8.49. The maximum atomic E-state index is 4.47. The third-order valence-electron chi connectivity index (χ3n) is 3.96. The van der Waals surface area contributed by atoms with Gasteiger partial charge in [0.05, 0.1) is 0 Å². The topological polar surface area (TPSA) is 41.1 Å². The fourth-order valence-corrected chi connectivity index (χ4v) is 3.49. The molecule has 1 N–H and O–H groups in total. The number of hydrogen-bond donors (Lipinski definition) is 1. The van der Waals surface area contributed by atoms with Crippen molar-refractivity contribution in [1.29, 1.82) is 0 Å². The van der Waals surface area contributed by atoms with Crippen molar-refractivity contribution in [3.05, 3.63) is 40.5 Å². The summed E-state index contributed by atoms with van der Waals surface area (Å²) in [6.45, 7) is 5.23. The van der Waals surface area contributed by atoms with E-state index >= 15 is 0 Å². The molecule has 3 heterocycles. The summed E-state index contributed by atoms with van der Waals surface area (Å²) >= 11 is 1.82. The lowest BCUT2D eigenvalue weighted by atomic mass is 10.1. The summed E-state index contributed by atoms with van der Waals surface area (Å²) < 4.78 is 0. The Hall–Kier alpha value is -1.46. The molecule has 0 atom stereocenters. The van der Waals surface area contributed by atoms with E-state index in [4.69, 9.17) is 0 Å². The molecule has 2 aromatic heterocycles. The van der Waals surface area contributed by atoms with E-state index in [1.807, 2.05) is 29.8 Å². The quantitative estimate of drug-likeness (QED) is 0.922. The maximum absolute atomic E-state index is 4.47. The van der Waals surface area contributed by atoms with Crippen LogP contribution in [0.15, 0.2) is 30.6 Å². The van der Waals surface area contributed by atoms with Crippen LogP contribution in [0.3, 0.4) is 0 Å². The number of nitrogens with one attached hydrogen (secondary N) is 1. The average molecular weight is 302 g/mol. The minimum absolute atomic E-state index is 0.596. The van der Waals surface area contributed by atoms with Crippen LogP contribution in [0.5, 0.6) is 0 Å². The highest BCUT2D eigenvalue weighted by atomic mass is 32.1. The summed E-state index contributed by atoms with van der Waals surface area (Å²) in [5.74, 6) is 1.10. The molecule has 1 aliphatic rings. The molecule has 4 nitrogen and oxygen atoms in total. The molecule has 1 aliphatic heterocycles. The molecule has 21 heavy (non-hydrogen) atoms. The van der Waals surface area contributed by atoms with Gasteiger partial charge in [0.25, 0.3) is 0 Å². The summed E-state index contributed by atoms with van der Waals surface area (Å²) in [4.78, 5) is 12.6. The van der Waals surface area contributed by atoms with Gasteiger partial charge in [0.1, 0.15) is 10.8 Å². The third-order valence-corrected chi connectivity index (χ3v) is 5.10. The average Bonchev–Trinajstić information content (AvgIpc) is 3.02. The number of nitrogens with zero attached hydrogens (tertiary/aromatic N) is 3. The van der Waals surface area contributed by atoms with Crippen molar-refractivity contribution in [2.45, 2.75) is 38.8 Å². The number of hydrogen-bond acceptors (Lipinski definition) is 5. The summed E-state index contributed by atoms with van der Waals surface area (Å²) in [6, 6.07) is 6.71. The first kappa shape index (κ1) is 14.5. The number of aryl methyl sites for hydroxylation is 1. The highest BCUT2D eigenvalue weighted by Gasteiger charge is 2.19. The molecule has 3 rings (SSSR count). The molecule has 0 aromatic carbocycles. The Morgan fingerprint density at radius 3 is 2.81 bits per heavy atom. The van der Waals surface area contributed by atoms with E-state index in [0.29, 0.717) is 6.04 Å². The molecule has 0 amide bonds. The number of rotatable bonds is 5. The zero-order valence-electron chi connectivity index (χ0n) is 12.5. The molecule has 112 valence electrons. The van der Waals surface area contributed by atoms with Crippen molar-refractivity contribution in [3.8, 4) is 0 Å². The van der Waals surface area contributed by atoms with Crippen molar-refractivity contribution in [1.82, 2.24) is 15.3 Å². The van der Waals surface area contributed by atoms with Crippen molar-refractivity contribution in [2.75, 3.05) is 18.0 Å². The molecule has 0 aliphatic carbocycles. The van der Waals surface area contributed by atoms with Crippen LogP contribution < -0.4 is 10.2 Å². The third kappa shape index (κ3) is 3.80. The minimum atomic E-state index is 0.596. The molecule has 1 saturated heterocycles. The van der Waals surface area contributed by atoms with E-state index in [9.17, 15) is 0 Å². The summed E-state index contributed by atoms with van der Waals surface area (Å²) in [7, 11) is 0. The number of piperidine rings is 1. The summed E-state index contributed by atoms with van der Waals surface area (Å²) in [5, 5.41) is 4.86. The standard InChI is InChI=1S/C16H22N4S/c1-2-14-11-19-16(21-14)12-18-13-6-9-20(10-7-13)15-5-3-4-8-17-15/h3-5,8,11,13,18H,2,6-7,9-10,12H2,1H3. The van der Waals surface area contributed by atoms with Gasteiger partial charge >= 0.3 is 0 Å².